The molecule has 2 heterocycles. The molecule has 1 aromatic rings. The fraction of sp³-hybridized carbons (Fsp3) is 0.700. The van der Waals surface area contributed by atoms with Crippen molar-refractivity contribution in [3.8, 4) is 0 Å². The van der Waals surface area contributed by atoms with E-state index in [0.29, 0.717) is 0 Å². The van der Waals surface area contributed by atoms with Crippen LogP contribution in [-0.2, 0) is 13.6 Å². The molecule has 3 nitrogen and oxygen atoms in total. The summed E-state index contributed by atoms with van der Waals surface area (Å²) >= 11 is 3.55. The molecule has 1 saturated heterocycles. The van der Waals surface area contributed by atoms with Gasteiger partial charge in [0.05, 0.1) is 6.20 Å². The lowest BCUT2D eigenvalue weighted by Crippen LogP contribution is -2.20. The van der Waals surface area contributed by atoms with Gasteiger partial charge in [0.2, 0.25) is 0 Å². The Balaban J connectivity index is 1.87. The molecule has 0 saturated carbocycles. The summed E-state index contributed by atoms with van der Waals surface area (Å²) < 4.78 is 1.87. The Morgan fingerprint density at radius 3 is 3.07 bits per heavy atom. The Morgan fingerprint density at radius 1 is 1.64 bits per heavy atom. The normalized spacial score (nSPS) is 23.1. The largest absolute Gasteiger partial charge is 0.299 e. The van der Waals surface area contributed by atoms with E-state index in [4.69, 9.17) is 0 Å². The van der Waals surface area contributed by atoms with E-state index in [-0.39, 0.29) is 0 Å². The number of hydrogen-bond donors (Lipinski definition) is 0. The molecule has 1 unspecified atom stereocenters. The van der Waals surface area contributed by atoms with Crippen molar-refractivity contribution in [1.29, 1.82) is 0 Å². The smallest absolute Gasteiger partial charge is 0.0534 e. The maximum Gasteiger partial charge on any atom is 0.0534 e. The maximum atomic E-state index is 4.18. The maximum absolute atomic E-state index is 4.18. The van der Waals surface area contributed by atoms with E-state index in [1.54, 1.807) is 0 Å². The number of likely N-dealkylation sites (tertiary alicyclic amines) is 1. The van der Waals surface area contributed by atoms with E-state index >= 15 is 0 Å². The average Bonchev–Trinajstić information content (AvgIpc) is 2.76. The Hall–Kier alpha value is -0.350. The molecule has 4 heteroatoms. The molecule has 1 aromatic heterocycles. The molecule has 14 heavy (non-hydrogen) atoms. The van der Waals surface area contributed by atoms with Crippen molar-refractivity contribution in [3.63, 3.8) is 0 Å². The molecule has 1 fully saturated rings. The molecule has 1 atom stereocenters. The van der Waals surface area contributed by atoms with Gasteiger partial charge in [0.1, 0.15) is 0 Å². The molecule has 0 aliphatic carbocycles. The topological polar surface area (TPSA) is 21.1 Å². The van der Waals surface area contributed by atoms with Crippen LogP contribution in [0.15, 0.2) is 12.4 Å². The molecule has 0 bridgehead atoms. The van der Waals surface area contributed by atoms with Crippen molar-refractivity contribution in [2.75, 3.05) is 18.4 Å². The van der Waals surface area contributed by atoms with Crippen molar-refractivity contribution >= 4 is 15.9 Å². The first-order valence-electron chi connectivity index (χ1n) is 5.04. The fourth-order valence-corrected chi connectivity index (χ4v) is 2.52. The second-order valence-corrected chi connectivity index (χ2v) is 4.71. The third kappa shape index (κ3) is 2.36. The summed E-state index contributed by atoms with van der Waals surface area (Å²) in [7, 11) is 1.97. The van der Waals surface area contributed by atoms with Gasteiger partial charge >= 0.3 is 0 Å². The summed E-state index contributed by atoms with van der Waals surface area (Å²) in [6.07, 6.45) is 5.38. The van der Waals surface area contributed by atoms with Crippen LogP contribution in [-0.4, -0.2) is 33.1 Å². The lowest BCUT2D eigenvalue weighted by Gasteiger charge is -2.13. The minimum atomic E-state index is 0.840. The highest BCUT2D eigenvalue weighted by atomic mass is 79.9. The zero-order valence-electron chi connectivity index (χ0n) is 8.49. The van der Waals surface area contributed by atoms with Gasteiger partial charge in [0, 0.05) is 37.2 Å². The SMILES string of the molecule is Cn1cc(CN2CCC(CBr)C2)cn1. The summed E-state index contributed by atoms with van der Waals surface area (Å²) in [5.74, 6) is 0.840. The van der Waals surface area contributed by atoms with Gasteiger partial charge in [-0.25, -0.2) is 0 Å². The molecular formula is C10H16BrN3. The van der Waals surface area contributed by atoms with Gasteiger partial charge in [-0.1, -0.05) is 15.9 Å². The van der Waals surface area contributed by atoms with Crippen molar-refractivity contribution < 1.29 is 0 Å². The summed E-state index contributed by atoms with van der Waals surface area (Å²) in [4.78, 5) is 2.50. The van der Waals surface area contributed by atoms with Crippen LogP contribution >= 0.6 is 15.9 Å². The van der Waals surface area contributed by atoms with E-state index in [2.05, 4.69) is 32.1 Å². The van der Waals surface area contributed by atoms with Crippen molar-refractivity contribution in [1.82, 2.24) is 14.7 Å². The van der Waals surface area contributed by atoms with Crippen LogP contribution in [0, 0.1) is 5.92 Å². The summed E-state index contributed by atoms with van der Waals surface area (Å²) in [5, 5.41) is 5.31. The molecule has 1 aliphatic heterocycles. The third-order valence-electron chi connectivity index (χ3n) is 2.75. The standard InChI is InChI=1S/C10H16BrN3/c1-13-6-10(5-12-13)8-14-3-2-9(4-11)7-14/h5-6,9H,2-4,7-8H2,1H3. The molecule has 1 aliphatic rings. The van der Waals surface area contributed by atoms with E-state index in [1.165, 1.54) is 25.1 Å². The van der Waals surface area contributed by atoms with E-state index in [1.807, 2.05) is 17.9 Å². The molecule has 78 valence electrons. The van der Waals surface area contributed by atoms with Gasteiger partial charge in [-0.05, 0) is 18.9 Å². The van der Waals surface area contributed by atoms with Gasteiger partial charge in [0.15, 0.2) is 0 Å². The molecule has 0 radical (unpaired) electrons. The van der Waals surface area contributed by atoms with Gasteiger partial charge < -0.3 is 0 Å². The van der Waals surface area contributed by atoms with Crippen LogP contribution in [0.4, 0.5) is 0 Å². The van der Waals surface area contributed by atoms with Crippen molar-refractivity contribution in [3.05, 3.63) is 18.0 Å². The minimum Gasteiger partial charge on any atom is -0.299 e. The van der Waals surface area contributed by atoms with Crippen LogP contribution in [0.2, 0.25) is 0 Å². The number of hydrogen-bond acceptors (Lipinski definition) is 2. The van der Waals surface area contributed by atoms with Gasteiger partial charge in [0.25, 0.3) is 0 Å². The average molecular weight is 258 g/mol. The van der Waals surface area contributed by atoms with Crippen LogP contribution < -0.4 is 0 Å². The highest BCUT2D eigenvalue weighted by Gasteiger charge is 2.21. The number of aryl methyl sites for hydroxylation is 1. The molecule has 0 amide bonds. The van der Waals surface area contributed by atoms with Crippen LogP contribution in [0.25, 0.3) is 0 Å². The highest BCUT2D eigenvalue weighted by molar-refractivity contribution is 9.09. The quantitative estimate of drug-likeness (QED) is 0.768. The second kappa shape index (κ2) is 4.45. The van der Waals surface area contributed by atoms with Crippen LogP contribution in [0.5, 0.6) is 0 Å². The number of nitrogens with zero attached hydrogens (tertiary/aromatic N) is 3. The number of aromatic nitrogens is 2. The first-order valence-corrected chi connectivity index (χ1v) is 6.16. The third-order valence-corrected chi connectivity index (χ3v) is 3.67. The Labute approximate surface area is 93.2 Å². The first kappa shape index (κ1) is 10.2. The number of rotatable bonds is 3. The van der Waals surface area contributed by atoms with Crippen molar-refractivity contribution in [2.45, 2.75) is 13.0 Å². The van der Waals surface area contributed by atoms with Crippen molar-refractivity contribution in [2.24, 2.45) is 13.0 Å². The molecular weight excluding hydrogens is 242 g/mol. The fourth-order valence-electron chi connectivity index (χ4n) is 1.99. The lowest BCUT2D eigenvalue weighted by atomic mass is 10.2. The number of halogens is 1. The Bertz CT molecular complexity index is 297. The first-order chi connectivity index (χ1) is 6.78. The monoisotopic (exact) mass is 257 g/mol. The van der Waals surface area contributed by atoms with E-state index < -0.39 is 0 Å². The minimum absolute atomic E-state index is 0.840. The lowest BCUT2D eigenvalue weighted by molar-refractivity contribution is 0.321. The highest BCUT2D eigenvalue weighted by Crippen LogP contribution is 2.19. The van der Waals surface area contributed by atoms with Gasteiger partial charge in [-0.15, -0.1) is 0 Å². The Morgan fingerprint density at radius 2 is 2.50 bits per heavy atom. The van der Waals surface area contributed by atoms with Gasteiger partial charge in [-0.3, -0.25) is 9.58 Å². The predicted octanol–water partition coefficient (Wildman–Crippen LogP) is 1.64. The summed E-state index contributed by atoms with van der Waals surface area (Å²) in [5.41, 5.74) is 1.32. The summed E-state index contributed by atoms with van der Waals surface area (Å²) in [6, 6.07) is 0. The molecule has 2 rings (SSSR count). The predicted molar refractivity (Wildman–Crippen MR) is 60.4 cm³/mol. The second-order valence-electron chi connectivity index (χ2n) is 4.07. The van der Waals surface area contributed by atoms with Crippen LogP contribution in [0.3, 0.4) is 0 Å². The Kier molecular flexibility index (Phi) is 3.23. The van der Waals surface area contributed by atoms with Gasteiger partial charge in [-0.2, -0.15) is 5.10 Å². The number of alkyl halides is 1. The van der Waals surface area contributed by atoms with E-state index in [9.17, 15) is 0 Å². The molecule has 0 aromatic carbocycles. The molecule has 0 spiro atoms. The zero-order chi connectivity index (χ0) is 9.97. The molecule has 0 N–H and O–H groups in total. The van der Waals surface area contributed by atoms with Crippen LogP contribution in [0.1, 0.15) is 12.0 Å². The zero-order valence-corrected chi connectivity index (χ0v) is 10.1. The summed E-state index contributed by atoms with van der Waals surface area (Å²) in [6.45, 7) is 3.50. The van der Waals surface area contributed by atoms with E-state index in [0.717, 1.165) is 17.8 Å².